The van der Waals surface area contributed by atoms with E-state index in [0.29, 0.717) is 32.5 Å². The van der Waals surface area contributed by atoms with Gasteiger partial charge >= 0.3 is 0 Å². The minimum absolute atomic E-state index is 0.0916. The number of rotatable bonds is 9. The quantitative estimate of drug-likeness (QED) is 0.230. The third kappa shape index (κ3) is 5.85. The molecule has 3 rings (SSSR count). The van der Waals surface area contributed by atoms with E-state index in [9.17, 15) is 4.79 Å². The highest BCUT2D eigenvalue weighted by molar-refractivity contribution is 7.99. The summed E-state index contributed by atoms with van der Waals surface area (Å²) in [4.78, 5) is 12.7. The number of carbonyl (C=O) groups is 1. The molecule has 0 amide bonds. The second-order valence-electron chi connectivity index (χ2n) is 8.12. The average molecular weight is 492 g/mol. The van der Waals surface area contributed by atoms with Crippen molar-refractivity contribution in [1.82, 2.24) is 14.8 Å². The number of nitrogens with zero attached hydrogens (tertiary/aromatic N) is 3. The highest BCUT2D eigenvalue weighted by Crippen LogP contribution is 2.29. The fourth-order valence-corrected chi connectivity index (χ4v) is 4.73. The van der Waals surface area contributed by atoms with E-state index in [0.717, 1.165) is 5.75 Å². The van der Waals surface area contributed by atoms with Gasteiger partial charge in [-0.1, -0.05) is 60.9 Å². The Balaban J connectivity index is 1.73. The third-order valence-corrected chi connectivity index (χ3v) is 6.49. The summed E-state index contributed by atoms with van der Waals surface area (Å²) in [7, 11) is 0. The minimum atomic E-state index is -0.300. The molecule has 0 radical (unpaired) electrons. The lowest BCUT2D eigenvalue weighted by molar-refractivity contribution is 0.102. The van der Waals surface area contributed by atoms with Gasteiger partial charge in [0.2, 0.25) is 0 Å². The summed E-state index contributed by atoms with van der Waals surface area (Å²) in [6.45, 7) is 10.4. The first-order chi connectivity index (χ1) is 15.2. The number of Topliss-reactive ketones (excluding diaryl/α,β-unsaturated/α-hetero) is 1. The van der Waals surface area contributed by atoms with Crippen molar-refractivity contribution in [3.8, 4) is 5.75 Å². The Bertz CT molecular complexity index is 1080. The van der Waals surface area contributed by atoms with E-state index < -0.39 is 0 Å². The molecule has 0 fully saturated rings. The van der Waals surface area contributed by atoms with E-state index in [2.05, 4.69) is 50.0 Å². The Morgan fingerprint density at radius 3 is 2.31 bits per heavy atom. The maximum atomic E-state index is 12.7. The van der Waals surface area contributed by atoms with Crippen molar-refractivity contribution in [1.29, 1.82) is 0 Å². The van der Waals surface area contributed by atoms with Gasteiger partial charge in [0.1, 0.15) is 5.75 Å². The molecular weight excluding hydrogens is 465 g/mol. The number of thioether (sulfide) groups is 1. The summed E-state index contributed by atoms with van der Waals surface area (Å²) in [6, 6.07) is 13.1. The number of ether oxygens (including phenoxy) is 1. The molecule has 3 aromatic rings. The molecule has 0 saturated carbocycles. The molecule has 0 N–H and O–H groups in total. The normalized spacial score (nSPS) is 12.4. The Labute approximate surface area is 203 Å². The van der Waals surface area contributed by atoms with Gasteiger partial charge in [0, 0.05) is 16.6 Å². The highest BCUT2D eigenvalue weighted by Gasteiger charge is 2.22. The highest BCUT2D eigenvalue weighted by atomic mass is 35.5. The van der Waals surface area contributed by atoms with Crippen LogP contribution in [-0.4, -0.2) is 26.3 Å². The van der Waals surface area contributed by atoms with Crippen molar-refractivity contribution in [3.05, 3.63) is 69.5 Å². The smallest absolute Gasteiger partial charge is 0.192 e. The van der Waals surface area contributed by atoms with Crippen LogP contribution in [0.1, 0.15) is 74.4 Å². The van der Waals surface area contributed by atoms with Gasteiger partial charge in [-0.05, 0) is 62.6 Å². The third-order valence-electron chi connectivity index (χ3n) is 4.99. The van der Waals surface area contributed by atoms with Crippen LogP contribution in [0.15, 0.2) is 47.6 Å². The van der Waals surface area contributed by atoms with Crippen LogP contribution in [0, 0.1) is 0 Å². The zero-order chi connectivity index (χ0) is 23.4. The van der Waals surface area contributed by atoms with Gasteiger partial charge in [0.05, 0.1) is 10.8 Å². The molecule has 8 heteroatoms. The van der Waals surface area contributed by atoms with Crippen molar-refractivity contribution in [2.45, 2.75) is 57.8 Å². The topological polar surface area (TPSA) is 57.0 Å². The number of benzene rings is 2. The summed E-state index contributed by atoms with van der Waals surface area (Å²) in [5.41, 5.74) is 1.71. The van der Waals surface area contributed by atoms with Gasteiger partial charge in [0.25, 0.3) is 0 Å². The average Bonchev–Trinajstić information content (AvgIpc) is 3.17. The second kappa shape index (κ2) is 10.7. The maximum Gasteiger partial charge on any atom is 0.192 e. The zero-order valence-corrected chi connectivity index (χ0v) is 21.1. The monoisotopic (exact) mass is 491 g/mol. The maximum absolute atomic E-state index is 12.7. The Morgan fingerprint density at radius 2 is 1.72 bits per heavy atom. The van der Waals surface area contributed by atoms with Crippen molar-refractivity contribution in [2.24, 2.45) is 0 Å². The molecule has 5 nitrogen and oxygen atoms in total. The van der Waals surface area contributed by atoms with Gasteiger partial charge in [-0.25, -0.2) is 0 Å². The van der Waals surface area contributed by atoms with Crippen LogP contribution < -0.4 is 4.74 Å². The molecule has 1 heterocycles. The second-order valence-corrected chi connectivity index (χ2v) is 9.91. The van der Waals surface area contributed by atoms with Crippen LogP contribution in [0.3, 0.4) is 0 Å². The minimum Gasteiger partial charge on any atom is -0.483 e. The molecule has 2 aromatic carbocycles. The van der Waals surface area contributed by atoms with Crippen LogP contribution in [0.25, 0.3) is 0 Å². The van der Waals surface area contributed by atoms with Crippen LogP contribution >= 0.6 is 35.0 Å². The molecule has 1 unspecified atom stereocenters. The summed E-state index contributed by atoms with van der Waals surface area (Å²) in [5.74, 6) is 2.06. The number of carbonyl (C=O) groups excluding carboxylic acids is 1. The zero-order valence-electron chi connectivity index (χ0n) is 18.8. The molecule has 0 aliphatic heterocycles. The first-order valence-electron chi connectivity index (χ1n) is 10.5. The van der Waals surface area contributed by atoms with Crippen molar-refractivity contribution in [3.63, 3.8) is 0 Å². The van der Waals surface area contributed by atoms with Crippen molar-refractivity contribution >= 4 is 40.7 Å². The standard InChI is InChI=1S/C24H27Cl2N3O2S/c1-14(2)17-6-9-19(10-7-17)31-16(5)23-27-28-24(29(23)15(3)4)32-13-22(30)20-11-8-18(25)12-21(20)26/h6-12,14-16H,13H2,1-5H3. The first-order valence-corrected chi connectivity index (χ1v) is 12.2. The largest absolute Gasteiger partial charge is 0.483 e. The van der Waals surface area contributed by atoms with Gasteiger partial charge in [0.15, 0.2) is 22.9 Å². The summed E-state index contributed by atoms with van der Waals surface area (Å²) in [5, 5.41) is 10.2. The van der Waals surface area contributed by atoms with Gasteiger partial charge in [-0.2, -0.15) is 0 Å². The Morgan fingerprint density at radius 1 is 1.03 bits per heavy atom. The first kappa shape index (κ1) is 24.6. The van der Waals surface area contributed by atoms with Gasteiger partial charge < -0.3 is 9.30 Å². The molecule has 0 bridgehead atoms. The number of aromatic nitrogens is 3. The Hall–Kier alpha value is -2.02. The molecule has 0 aliphatic rings. The van der Waals surface area contributed by atoms with E-state index in [4.69, 9.17) is 27.9 Å². The lowest BCUT2D eigenvalue weighted by atomic mass is 10.0. The lowest BCUT2D eigenvalue weighted by Gasteiger charge is -2.19. The van der Waals surface area contributed by atoms with Crippen LogP contribution in [0.4, 0.5) is 0 Å². The molecule has 0 aliphatic carbocycles. The molecular formula is C24H27Cl2N3O2S. The van der Waals surface area contributed by atoms with Crippen LogP contribution in [0.5, 0.6) is 5.75 Å². The predicted octanol–water partition coefficient (Wildman–Crippen LogP) is 7.40. The van der Waals surface area contributed by atoms with E-state index >= 15 is 0 Å². The Kier molecular flexibility index (Phi) is 8.26. The summed E-state index contributed by atoms with van der Waals surface area (Å²) < 4.78 is 8.14. The fourth-order valence-electron chi connectivity index (χ4n) is 3.26. The number of ketones is 1. The number of hydrogen-bond acceptors (Lipinski definition) is 5. The van der Waals surface area contributed by atoms with Crippen molar-refractivity contribution < 1.29 is 9.53 Å². The molecule has 170 valence electrons. The molecule has 1 aromatic heterocycles. The fraction of sp³-hybridized carbons (Fsp3) is 0.375. The SMILES string of the molecule is CC(C)c1ccc(OC(C)c2nnc(SCC(=O)c3ccc(Cl)cc3Cl)n2C(C)C)cc1. The van der Waals surface area contributed by atoms with Gasteiger partial charge in [-0.15, -0.1) is 10.2 Å². The number of halogens is 2. The van der Waals surface area contributed by atoms with Crippen LogP contribution in [0.2, 0.25) is 10.0 Å². The van der Waals surface area contributed by atoms with E-state index in [1.165, 1.54) is 17.3 Å². The molecule has 0 saturated heterocycles. The van der Waals surface area contributed by atoms with Crippen molar-refractivity contribution in [2.75, 3.05) is 5.75 Å². The van der Waals surface area contributed by atoms with Crippen LogP contribution in [-0.2, 0) is 0 Å². The van der Waals surface area contributed by atoms with E-state index in [-0.39, 0.29) is 23.7 Å². The summed E-state index contributed by atoms with van der Waals surface area (Å²) in [6.07, 6.45) is -0.300. The molecule has 1 atom stereocenters. The van der Waals surface area contributed by atoms with E-state index in [1.807, 2.05) is 23.6 Å². The summed E-state index contributed by atoms with van der Waals surface area (Å²) >= 11 is 13.4. The molecule has 0 spiro atoms. The lowest BCUT2D eigenvalue weighted by Crippen LogP contribution is -2.15. The van der Waals surface area contributed by atoms with E-state index in [1.54, 1.807) is 18.2 Å². The number of hydrogen-bond donors (Lipinski definition) is 0. The molecule has 32 heavy (non-hydrogen) atoms. The van der Waals surface area contributed by atoms with Gasteiger partial charge in [-0.3, -0.25) is 4.79 Å². The predicted molar refractivity (Wildman–Crippen MR) is 131 cm³/mol.